The van der Waals surface area contributed by atoms with Gasteiger partial charge < -0.3 is 10.3 Å². The van der Waals surface area contributed by atoms with Crippen molar-refractivity contribution in [2.45, 2.75) is 19.4 Å². The Morgan fingerprint density at radius 2 is 2.18 bits per heavy atom. The van der Waals surface area contributed by atoms with Gasteiger partial charge in [-0.3, -0.25) is 0 Å². The molecule has 0 aliphatic rings. The second kappa shape index (κ2) is 4.58. The highest BCUT2D eigenvalue weighted by atomic mass is 19.1. The molecule has 90 valence electrons. The maximum absolute atomic E-state index is 13.4. The summed E-state index contributed by atoms with van der Waals surface area (Å²) in [5.74, 6) is -0.973. The molecule has 0 aliphatic carbocycles. The summed E-state index contributed by atoms with van der Waals surface area (Å²) in [4.78, 5) is 3.94. The first-order chi connectivity index (χ1) is 8.11. The van der Waals surface area contributed by atoms with Crippen molar-refractivity contribution in [2.24, 2.45) is 5.73 Å². The quantitative estimate of drug-likeness (QED) is 0.893. The molecule has 1 aromatic heterocycles. The van der Waals surface area contributed by atoms with Gasteiger partial charge in [0.15, 0.2) is 5.82 Å². The predicted molar refractivity (Wildman–Crippen MR) is 56.9 cm³/mol. The van der Waals surface area contributed by atoms with Crippen LogP contribution in [0, 0.1) is 11.6 Å². The minimum Gasteiger partial charge on any atom is -0.334 e. The summed E-state index contributed by atoms with van der Waals surface area (Å²) >= 11 is 0. The predicted octanol–water partition coefficient (Wildman–Crippen LogP) is 2.42. The van der Waals surface area contributed by atoms with Gasteiger partial charge in [0, 0.05) is 0 Å². The fraction of sp³-hybridized carbons (Fsp3) is 0.273. The zero-order valence-corrected chi connectivity index (χ0v) is 9.15. The first-order valence-corrected chi connectivity index (χ1v) is 5.16. The maximum atomic E-state index is 13.4. The van der Waals surface area contributed by atoms with Gasteiger partial charge in [-0.15, -0.1) is 0 Å². The summed E-state index contributed by atoms with van der Waals surface area (Å²) in [6, 6.07) is 2.66. The van der Waals surface area contributed by atoms with Crippen molar-refractivity contribution < 1.29 is 13.3 Å². The fourth-order valence-electron chi connectivity index (χ4n) is 1.34. The van der Waals surface area contributed by atoms with Crippen LogP contribution in [0.15, 0.2) is 22.7 Å². The number of hydrogen-bond donors (Lipinski definition) is 1. The van der Waals surface area contributed by atoms with Gasteiger partial charge in [-0.05, 0) is 24.6 Å². The van der Waals surface area contributed by atoms with Crippen LogP contribution in [0.2, 0.25) is 0 Å². The van der Waals surface area contributed by atoms with Crippen LogP contribution in [0.5, 0.6) is 0 Å². The second-order valence-electron chi connectivity index (χ2n) is 3.60. The number of hydrogen-bond acceptors (Lipinski definition) is 4. The van der Waals surface area contributed by atoms with E-state index in [1.165, 1.54) is 0 Å². The van der Waals surface area contributed by atoms with Crippen LogP contribution < -0.4 is 5.73 Å². The van der Waals surface area contributed by atoms with E-state index < -0.39 is 11.6 Å². The van der Waals surface area contributed by atoms with E-state index in [-0.39, 0.29) is 23.3 Å². The number of nitrogens with two attached hydrogens (primary N) is 1. The molecular formula is C11H11F2N3O. The van der Waals surface area contributed by atoms with E-state index in [0.717, 1.165) is 18.2 Å². The lowest BCUT2D eigenvalue weighted by atomic mass is 10.2. The SMILES string of the molecule is CCC(N)c1noc(-c2cc(F)ccc2F)n1. The van der Waals surface area contributed by atoms with E-state index in [0.29, 0.717) is 6.42 Å². The summed E-state index contributed by atoms with van der Waals surface area (Å²) < 4.78 is 31.3. The first-order valence-electron chi connectivity index (χ1n) is 5.16. The van der Waals surface area contributed by atoms with Crippen LogP contribution in [0.1, 0.15) is 25.2 Å². The van der Waals surface area contributed by atoms with Crippen LogP contribution in [0.4, 0.5) is 8.78 Å². The van der Waals surface area contributed by atoms with Crippen molar-refractivity contribution in [1.29, 1.82) is 0 Å². The molecule has 0 fully saturated rings. The molecule has 2 rings (SSSR count). The van der Waals surface area contributed by atoms with Crippen LogP contribution in [-0.4, -0.2) is 10.1 Å². The van der Waals surface area contributed by atoms with Gasteiger partial charge in [0.1, 0.15) is 11.6 Å². The smallest absolute Gasteiger partial charge is 0.261 e. The number of rotatable bonds is 3. The van der Waals surface area contributed by atoms with Crippen LogP contribution in [0.25, 0.3) is 11.5 Å². The Hall–Kier alpha value is -1.82. The van der Waals surface area contributed by atoms with E-state index in [4.69, 9.17) is 10.3 Å². The number of aromatic nitrogens is 2. The van der Waals surface area contributed by atoms with Crippen LogP contribution >= 0.6 is 0 Å². The molecule has 2 N–H and O–H groups in total. The van der Waals surface area contributed by atoms with Crippen molar-refractivity contribution >= 4 is 0 Å². The Balaban J connectivity index is 2.40. The molecule has 0 bridgehead atoms. The Labute approximate surface area is 96.4 Å². The number of benzene rings is 1. The van der Waals surface area contributed by atoms with Gasteiger partial charge >= 0.3 is 0 Å². The second-order valence-corrected chi connectivity index (χ2v) is 3.60. The third-order valence-electron chi connectivity index (χ3n) is 2.37. The molecule has 1 aromatic carbocycles. The molecule has 0 radical (unpaired) electrons. The van der Waals surface area contributed by atoms with Gasteiger partial charge in [0.25, 0.3) is 5.89 Å². The fourth-order valence-corrected chi connectivity index (χ4v) is 1.34. The molecule has 0 saturated carbocycles. The Kier molecular flexibility index (Phi) is 3.14. The zero-order valence-electron chi connectivity index (χ0n) is 9.15. The lowest BCUT2D eigenvalue weighted by Crippen LogP contribution is -2.10. The maximum Gasteiger partial charge on any atom is 0.261 e. The van der Waals surface area contributed by atoms with Gasteiger partial charge in [-0.2, -0.15) is 4.98 Å². The summed E-state index contributed by atoms with van der Waals surface area (Å²) in [5.41, 5.74) is 5.64. The summed E-state index contributed by atoms with van der Waals surface area (Å²) in [6.45, 7) is 1.86. The van der Waals surface area contributed by atoms with Crippen LogP contribution in [-0.2, 0) is 0 Å². The first kappa shape index (κ1) is 11.7. The van der Waals surface area contributed by atoms with E-state index in [2.05, 4.69) is 10.1 Å². The minimum absolute atomic E-state index is 0.0629. The van der Waals surface area contributed by atoms with Crippen molar-refractivity contribution in [3.8, 4) is 11.5 Å². The summed E-state index contributed by atoms with van der Waals surface area (Å²) in [6.07, 6.45) is 0.630. The van der Waals surface area contributed by atoms with Gasteiger partial charge in [-0.25, -0.2) is 8.78 Å². The van der Waals surface area contributed by atoms with E-state index >= 15 is 0 Å². The number of nitrogens with zero attached hydrogens (tertiary/aromatic N) is 2. The van der Waals surface area contributed by atoms with E-state index in [9.17, 15) is 8.78 Å². The molecule has 1 atom stereocenters. The average Bonchev–Trinajstić information content (AvgIpc) is 2.80. The lowest BCUT2D eigenvalue weighted by Gasteiger charge is -1.99. The molecule has 2 aromatic rings. The molecule has 1 heterocycles. The molecule has 0 spiro atoms. The van der Waals surface area contributed by atoms with Crippen molar-refractivity contribution in [1.82, 2.24) is 10.1 Å². The Bertz CT molecular complexity index is 527. The highest BCUT2D eigenvalue weighted by Crippen LogP contribution is 2.23. The monoisotopic (exact) mass is 239 g/mol. The topological polar surface area (TPSA) is 64.9 Å². The highest BCUT2D eigenvalue weighted by Gasteiger charge is 2.16. The van der Waals surface area contributed by atoms with E-state index in [1.54, 1.807) is 0 Å². The number of halogens is 2. The van der Waals surface area contributed by atoms with Crippen molar-refractivity contribution in [2.75, 3.05) is 0 Å². The van der Waals surface area contributed by atoms with E-state index in [1.807, 2.05) is 6.92 Å². The Morgan fingerprint density at radius 3 is 2.88 bits per heavy atom. The van der Waals surface area contributed by atoms with Gasteiger partial charge in [0.2, 0.25) is 0 Å². The molecule has 0 amide bonds. The standard InChI is InChI=1S/C11H11F2N3O/c1-2-9(14)10-15-11(17-16-10)7-5-6(12)3-4-8(7)13/h3-5,9H,2,14H2,1H3. The third kappa shape index (κ3) is 2.31. The van der Waals surface area contributed by atoms with Crippen molar-refractivity contribution in [3.63, 3.8) is 0 Å². The Morgan fingerprint density at radius 1 is 1.41 bits per heavy atom. The average molecular weight is 239 g/mol. The molecule has 0 aliphatic heterocycles. The van der Waals surface area contributed by atoms with Crippen molar-refractivity contribution in [3.05, 3.63) is 35.7 Å². The summed E-state index contributed by atoms with van der Waals surface area (Å²) in [7, 11) is 0. The zero-order chi connectivity index (χ0) is 12.4. The molecule has 6 heteroatoms. The molecular weight excluding hydrogens is 228 g/mol. The third-order valence-corrected chi connectivity index (χ3v) is 2.37. The lowest BCUT2D eigenvalue weighted by molar-refractivity contribution is 0.412. The van der Waals surface area contributed by atoms with Gasteiger partial charge in [0.05, 0.1) is 11.6 Å². The molecule has 4 nitrogen and oxygen atoms in total. The normalized spacial score (nSPS) is 12.7. The molecule has 1 unspecified atom stereocenters. The molecule has 0 saturated heterocycles. The minimum atomic E-state index is -0.619. The largest absolute Gasteiger partial charge is 0.334 e. The van der Waals surface area contributed by atoms with Gasteiger partial charge in [-0.1, -0.05) is 12.1 Å². The highest BCUT2D eigenvalue weighted by molar-refractivity contribution is 5.53. The summed E-state index contributed by atoms with van der Waals surface area (Å²) in [5, 5.41) is 3.63. The molecule has 17 heavy (non-hydrogen) atoms. The van der Waals surface area contributed by atoms with Crippen LogP contribution in [0.3, 0.4) is 0 Å².